The highest BCUT2D eigenvalue weighted by atomic mass is 15.3. The van der Waals surface area contributed by atoms with Crippen molar-refractivity contribution in [3.05, 3.63) is 23.4 Å². The van der Waals surface area contributed by atoms with Crippen LogP contribution < -0.4 is 16.4 Å². The van der Waals surface area contributed by atoms with Gasteiger partial charge in [-0.25, -0.2) is 0 Å². The van der Waals surface area contributed by atoms with Crippen LogP contribution in [0.2, 0.25) is 0 Å². The number of hydrogen-bond donors (Lipinski definition) is 2. The van der Waals surface area contributed by atoms with Gasteiger partial charge in [-0.3, -0.25) is 0 Å². The second-order valence-corrected chi connectivity index (χ2v) is 3.68. The Labute approximate surface area is 93.7 Å². The molecule has 2 rings (SSSR count). The average molecular weight is 218 g/mol. The summed E-state index contributed by atoms with van der Waals surface area (Å²) in [7, 11) is 1.88. The van der Waals surface area contributed by atoms with Gasteiger partial charge in [0, 0.05) is 12.7 Å². The van der Waals surface area contributed by atoms with E-state index in [1.807, 2.05) is 18.0 Å². The molecule has 0 aromatic carbocycles. The van der Waals surface area contributed by atoms with Gasteiger partial charge in [-0.05, 0) is 25.0 Å². The summed E-state index contributed by atoms with van der Waals surface area (Å²) in [6, 6.07) is 0. The van der Waals surface area contributed by atoms with Crippen LogP contribution in [-0.2, 0) is 0 Å². The molecule has 0 saturated heterocycles. The minimum atomic E-state index is 0.134. The van der Waals surface area contributed by atoms with E-state index in [1.165, 1.54) is 5.57 Å². The maximum Gasteiger partial charge on any atom is 0.236 e. The third kappa shape index (κ3) is 1.81. The summed E-state index contributed by atoms with van der Waals surface area (Å²) >= 11 is 0. The standard InChI is InChI=1S/C10H14N6/c1-6-4-3-5-7(6)16(2)10-14-8(11)13-9(12)15-10/h3,5H,4H2,1-2H3,(H4,11,12,13,14,15). The first kappa shape index (κ1) is 10.4. The Balaban J connectivity index is 2.37. The zero-order valence-corrected chi connectivity index (χ0v) is 9.31. The molecule has 84 valence electrons. The SMILES string of the molecule is CC1=C(N(C)c2nc(N)nc(N)n2)C=CC1. The van der Waals surface area contributed by atoms with Gasteiger partial charge in [-0.15, -0.1) is 0 Å². The lowest BCUT2D eigenvalue weighted by Gasteiger charge is -2.18. The predicted molar refractivity (Wildman–Crippen MR) is 63.5 cm³/mol. The van der Waals surface area contributed by atoms with Gasteiger partial charge in [0.05, 0.1) is 0 Å². The lowest BCUT2D eigenvalue weighted by atomic mass is 10.2. The van der Waals surface area contributed by atoms with Crippen molar-refractivity contribution >= 4 is 17.8 Å². The van der Waals surface area contributed by atoms with Crippen molar-refractivity contribution in [2.24, 2.45) is 0 Å². The van der Waals surface area contributed by atoms with Crippen LogP contribution in [0.1, 0.15) is 13.3 Å². The van der Waals surface area contributed by atoms with Crippen LogP contribution in [0.15, 0.2) is 23.4 Å². The molecule has 1 aliphatic rings. The fourth-order valence-corrected chi connectivity index (χ4v) is 1.65. The van der Waals surface area contributed by atoms with Gasteiger partial charge in [0.1, 0.15) is 0 Å². The van der Waals surface area contributed by atoms with E-state index in [9.17, 15) is 0 Å². The van der Waals surface area contributed by atoms with Gasteiger partial charge in [-0.1, -0.05) is 6.08 Å². The first-order valence-corrected chi connectivity index (χ1v) is 4.95. The number of nitrogen functional groups attached to an aromatic ring is 2. The summed E-state index contributed by atoms with van der Waals surface area (Å²) in [5, 5.41) is 0. The highest BCUT2D eigenvalue weighted by Gasteiger charge is 2.14. The first-order chi connectivity index (χ1) is 7.58. The van der Waals surface area contributed by atoms with Crippen molar-refractivity contribution in [3.8, 4) is 0 Å². The van der Waals surface area contributed by atoms with E-state index >= 15 is 0 Å². The second kappa shape index (κ2) is 3.80. The van der Waals surface area contributed by atoms with Crippen molar-refractivity contribution in [3.63, 3.8) is 0 Å². The minimum absolute atomic E-state index is 0.134. The monoisotopic (exact) mass is 218 g/mol. The molecule has 6 heteroatoms. The molecule has 0 aliphatic heterocycles. The molecular formula is C10H14N6. The van der Waals surface area contributed by atoms with Crippen molar-refractivity contribution in [2.75, 3.05) is 23.4 Å². The second-order valence-electron chi connectivity index (χ2n) is 3.68. The zero-order valence-electron chi connectivity index (χ0n) is 9.31. The van der Waals surface area contributed by atoms with Crippen molar-refractivity contribution < 1.29 is 0 Å². The molecule has 0 spiro atoms. The Morgan fingerprint density at radius 3 is 2.31 bits per heavy atom. The Morgan fingerprint density at radius 2 is 1.81 bits per heavy atom. The number of nitrogens with zero attached hydrogens (tertiary/aromatic N) is 4. The molecule has 1 aliphatic carbocycles. The number of likely N-dealkylation sites (N-methyl/N-ethyl adjacent to an activating group) is 1. The topological polar surface area (TPSA) is 94.0 Å². The molecule has 4 N–H and O–H groups in total. The molecule has 0 fully saturated rings. The summed E-state index contributed by atoms with van der Waals surface area (Å²) in [5.74, 6) is 0.732. The summed E-state index contributed by atoms with van der Waals surface area (Å²) in [5.41, 5.74) is 13.4. The van der Waals surface area contributed by atoms with Crippen LogP contribution >= 0.6 is 0 Å². The average Bonchev–Trinajstić information content (AvgIpc) is 2.62. The number of hydrogen-bond acceptors (Lipinski definition) is 6. The van der Waals surface area contributed by atoms with Crippen LogP contribution in [0, 0.1) is 0 Å². The lowest BCUT2D eigenvalue weighted by molar-refractivity contribution is 0.970. The van der Waals surface area contributed by atoms with Crippen LogP contribution in [-0.4, -0.2) is 22.0 Å². The van der Waals surface area contributed by atoms with E-state index in [4.69, 9.17) is 11.5 Å². The minimum Gasteiger partial charge on any atom is -0.368 e. The molecule has 1 heterocycles. The normalized spacial score (nSPS) is 14.6. The lowest BCUT2D eigenvalue weighted by Crippen LogP contribution is -2.20. The molecule has 16 heavy (non-hydrogen) atoms. The van der Waals surface area contributed by atoms with Crippen molar-refractivity contribution in [1.82, 2.24) is 15.0 Å². The van der Waals surface area contributed by atoms with Gasteiger partial charge in [-0.2, -0.15) is 15.0 Å². The van der Waals surface area contributed by atoms with E-state index in [0.717, 1.165) is 12.1 Å². The van der Waals surface area contributed by atoms with E-state index in [1.54, 1.807) is 0 Å². The molecule has 0 unspecified atom stereocenters. The van der Waals surface area contributed by atoms with Gasteiger partial charge in [0.2, 0.25) is 17.8 Å². The smallest absolute Gasteiger partial charge is 0.236 e. The summed E-state index contributed by atoms with van der Waals surface area (Å²) < 4.78 is 0. The molecule has 0 saturated carbocycles. The van der Waals surface area contributed by atoms with Crippen LogP contribution in [0.3, 0.4) is 0 Å². The summed E-state index contributed by atoms with van der Waals surface area (Å²) in [4.78, 5) is 13.7. The molecule has 1 aromatic heterocycles. The Kier molecular flexibility index (Phi) is 2.47. The number of anilines is 3. The Morgan fingerprint density at radius 1 is 1.19 bits per heavy atom. The summed E-state index contributed by atoms with van der Waals surface area (Å²) in [6.45, 7) is 2.07. The molecule has 0 bridgehead atoms. The third-order valence-electron chi connectivity index (χ3n) is 2.46. The number of rotatable bonds is 2. The Hall–Kier alpha value is -2.11. The number of nitrogens with two attached hydrogens (primary N) is 2. The van der Waals surface area contributed by atoms with Crippen LogP contribution in [0.4, 0.5) is 17.8 Å². The van der Waals surface area contributed by atoms with E-state index < -0.39 is 0 Å². The van der Waals surface area contributed by atoms with Gasteiger partial charge < -0.3 is 16.4 Å². The molecule has 6 nitrogen and oxygen atoms in total. The fourth-order valence-electron chi connectivity index (χ4n) is 1.65. The molecule has 0 atom stereocenters. The largest absolute Gasteiger partial charge is 0.368 e. The molecule has 0 radical (unpaired) electrons. The molecule has 0 amide bonds. The summed E-state index contributed by atoms with van der Waals surface area (Å²) in [6.07, 6.45) is 5.08. The maximum atomic E-state index is 5.53. The zero-order chi connectivity index (χ0) is 11.7. The number of aromatic nitrogens is 3. The van der Waals surface area contributed by atoms with Crippen molar-refractivity contribution in [2.45, 2.75) is 13.3 Å². The van der Waals surface area contributed by atoms with E-state index in [0.29, 0.717) is 5.95 Å². The van der Waals surface area contributed by atoms with Gasteiger partial charge >= 0.3 is 0 Å². The van der Waals surface area contributed by atoms with Gasteiger partial charge in [0.15, 0.2) is 0 Å². The number of allylic oxidation sites excluding steroid dienone is 3. The quantitative estimate of drug-likeness (QED) is 0.759. The molecule has 1 aromatic rings. The van der Waals surface area contributed by atoms with E-state index in [2.05, 4.69) is 28.0 Å². The van der Waals surface area contributed by atoms with E-state index in [-0.39, 0.29) is 11.9 Å². The Bertz CT molecular complexity index is 456. The van der Waals surface area contributed by atoms with Gasteiger partial charge in [0.25, 0.3) is 0 Å². The van der Waals surface area contributed by atoms with Crippen molar-refractivity contribution in [1.29, 1.82) is 0 Å². The predicted octanol–water partition coefficient (Wildman–Crippen LogP) is 0.706. The first-order valence-electron chi connectivity index (χ1n) is 4.95. The highest BCUT2D eigenvalue weighted by Crippen LogP contribution is 2.23. The fraction of sp³-hybridized carbons (Fsp3) is 0.300. The maximum absolute atomic E-state index is 5.53. The molecular weight excluding hydrogens is 204 g/mol. The third-order valence-corrected chi connectivity index (χ3v) is 2.46. The highest BCUT2D eigenvalue weighted by molar-refractivity contribution is 5.51. The van der Waals surface area contributed by atoms with Crippen LogP contribution in [0.25, 0.3) is 0 Å². The van der Waals surface area contributed by atoms with Crippen LogP contribution in [0.5, 0.6) is 0 Å².